The average Bonchev–Trinajstić information content (AvgIpc) is 2.48. The van der Waals surface area contributed by atoms with E-state index in [9.17, 15) is 0 Å². The van der Waals surface area contributed by atoms with E-state index >= 15 is 0 Å². The van der Waals surface area contributed by atoms with E-state index in [4.69, 9.17) is 4.74 Å². The van der Waals surface area contributed by atoms with Gasteiger partial charge in [0.1, 0.15) is 5.75 Å². The molecule has 3 nitrogen and oxygen atoms in total. The zero-order valence-corrected chi connectivity index (χ0v) is 14.1. The second-order valence-electron chi connectivity index (χ2n) is 5.24. The van der Waals surface area contributed by atoms with E-state index in [2.05, 4.69) is 46.1 Å². The van der Waals surface area contributed by atoms with E-state index in [0.29, 0.717) is 12.6 Å². The average molecular weight is 349 g/mol. The van der Waals surface area contributed by atoms with Gasteiger partial charge >= 0.3 is 0 Å². The Morgan fingerprint density at radius 1 is 1.19 bits per heavy atom. The molecule has 1 aromatic heterocycles. The quantitative estimate of drug-likeness (QED) is 0.822. The van der Waals surface area contributed by atoms with Gasteiger partial charge in [-0.05, 0) is 41.5 Å². The summed E-state index contributed by atoms with van der Waals surface area (Å²) >= 11 is 3.58. The number of ether oxygens (including phenoxy) is 1. The molecule has 0 radical (unpaired) electrons. The minimum Gasteiger partial charge on any atom is -0.493 e. The molecule has 0 amide bonds. The van der Waals surface area contributed by atoms with E-state index in [1.165, 1.54) is 11.1 Å². The highest BCUT2D eigenvalue weighted by atomic mass is 79.9. The fraction of sp³-hybridized carbons (Fsp3) is 0.353. The van der Waals surface area contributed by atoms with Crippen LogP contribution in [0, 0.1) is 0 Å². The lowest BCUT2D eigenvalue weighted by Crippen LogP contribution is -2.22. The molecule has 4 heteroatoms. The highest BCUT2D eigenvalue weighted by Crippen LogP contribution is 2.23. The van der Waals surface area contributed by atoms with Crippen molar-refractivity contribution in [1.29, 1.82) is 0 Å². The van der Waals surface area contributed by atoms with Crippen LogP contribution in [0.15, 0.2) is 47.2 Å². The number of nitrogens with one attached hydrogen (secondary N) is 1. The smallest absolute Gasteiger partial charge is 0.119 e. The van der Waals surface area contributed by atoms with E-state index < -0.39 is 0 Å². The summed E-state index contributed by atoms with van der Waals surface area (Å²) in [5, 5.41) is 3.42. The Morgan fingerprint density at radius 2 is 1.95 bits per heavy atom. The van der Waals surface area contributed by atoms with Crippen LogP contribution in [0.3, 0.4) is 0 Å². The van der Waals surface area contributed by atoms with Crippen LogP contribution in [-0.2, 0) is 13.0 Å². The zero-order chi connectivity index (χ0) is 15.1. The van der Waals surface area contributed by atoms with E-state index in [1.807, 2.05) is 36.7 Å². The zero-order valence-electron chi connectivity index (χ0n) is 12.5. The third-order valence-corrected chi connectivity index (χ3v) is 3.90. The van der Waals surface area contributed by atoms with E-state index in [0.717, 1.165) is 23.2 Å². The molecule has 0 saturated heterocycles. The maximum Gasteiger partial charge on any atom is 0.119 e. The number of halogens is 1. The molecule has 0 unspecified atom stereocenters. The lowest BCUT2D eigenvalue weighted by atomic mass is 10.2. The Kier molecular flexibility index (Phi) is 6.21. The highest BCUT2D eigenvalue weighted by molar-refractivity contribution is 9.10. The monoisotopic (exact) mass is 348 g/mol. The fourth-order valence-corrected chi connectivity index (χ4v) is 2.31. The van der Waals surface area contributed by atoms with Crippen LogP contribution in [0.4, 0.5) is 0 Å². The number of hydrogen-bond donors (Lipinski definition) is 1. The van der Waals surface area contributed by atoms with Crippen LogP contribution in [0.2, 0.25) is 0 Å². The van der Waals surface area contributed by atoms with Crippen molar-refractivity contribution in [1.82, 2.24) is 10.3 Å². The summed E-state index contributed by atoms with van der Waals surface area (Å²) in [7, 11) is 0. The van der Waals surface area contributed by atoms with Crippen molar-refractivity contribution in [3.63, 3.8) is 0 Å². The Balaban J connectivity index is 1.89. The second kappa shape index (κ2) is 8.15. The molecule has 0 fully saturated rings. The minimum absolute atomic E-state index is 0.466. The summed E-state index contributed by atoms with van der Waals surface area (Å²) < 4.78 is 6.95. The maximum absolute atomic E-state index is 5.84. The number of aromatic nitrogens is 1. The van der Waals surface area contributed by atoms with Gasteiger partial charge in [0, 0.05) is 35.9 Å². The van der Waals surface area contributed by atoms with Gasteiger partial charge in [-0.15, -0.1) is 0 Å². The lowest BCUT2D eigenvalue weighted by Gasteiger charge is -2.12. The van der Waals surface area contributed by atoms with Gasteiger partial charge in [0.2, 0.25) is 0 Å². The van der Waals surface area contributed by atoms with Crippen molar-refractivity contribution in [2.24, 2.45) is 0 Å². The predicted molar refractivity (Wildman–Crippen MR) is 89.6 cm³/mol. The first-order valence-electron chi connectivity index (χ1n) is 7.18. The van der Waals surface area contributed by atoms with Gasteiger partial charge in [-0.2, -0.15) is 0 Å². The first-order valence-corrected chi connectivity index (χ1v) is 7.98. The molecule has 0 aliphatic carbocycles. The first kappa shape index (κ1) is 16.0. The topological polar surface area (TPSA) is 34.1 Å². The molecule has 0 spiro atoms. The number of hydrogen-bond acceptors (Lipinski definition) is 3. The number of pyridine rings is 1. The van der Waals surface area contributed by atoms with Crippen molar-refractivity contribution in [3.05, 3.63) is 58.3 Å². The number of benzene rings is 1. The third-order valence-electron chi connectivity index (χ3n) is 3.13. The molecule has 2 rings (SSSR count). The molecule has 0 aliphatic heterocycles. The van der Waals surface area contributed by atoms with Crippen molar-refractivity contribution < 1.29 is 4.74 Å². The Labute approximate surface area is 134 Å². The normalized spacial score (nSPS) is 10.9. The van der Waals surface area contributed by atoms with E-state index in [-0.39, 0.29) is 0 Å². The molecular formula is C17H21BrN2O. The standard InChI is InChI=1S/C17H21BrN2O/c1-13(2)20-12-15-11-16(3-4-17(15)18)21-10-7-14-5-8-19-9-6-14/h3-6,8-9,11,13,20H,7,10,12H2,1-2H3. The van der Waals surface area contributed by atoms with Crippen molar-refractivity contribution >= 4 is 15.9 Å². The van der Waals surface area contributed by atoms with Crippen LogP contribution in [-0.4, -0.2) is 17.6 Å². The molecule has 0 bridgehead atoms. The van der Waals surface area contributed by atoms with Gasteiger partial charge in [-0.25, -0.2) is 0 Å². The molecule has 2 aromatic rings. The van der Waals surface area contributed by atoms with Gasteiger partial charge in [0.15, 0.2) is 0 Å². The number of rotatable bonds is 7. The summed E-state index contributed by atoms with van der Waals surface area (Å²) in [6, 6.07) is 10.6. The molecule has 1 aromatic carbocycles. The third kappa shape index (κ3) is 5.48. The van der Waals surface area contributed by atoms with Gasteiger partial charge in [0.25, 0.3) is 0 Å². The van der Waals surface area contributed by atoms with Crippen LogP contribution in [0.1, 0.15) is 25.0 Å². The molecule has 0 aliphatic rings. The highest BCUT2D eigenvalue weighted by Gasteiger charge is 2.04. The van der Waals surface area contributed by atoms with Gasteiger partial charge in [0.05, 0.1) is 6.61 Å². The predicted octanol–water partition coefficient (Wildman–Crippen LogP) is 3.96. The first-order chi connectivity index (χ1) is 10.1. The summed E-state index contributed by atoms with van der Waals surface area (Å²) in [5.41, 5.74) is 2.45. The van der Waals surface area contributed by atoms with Gasteiger partial charge < -0.3 is 10.1 Å². The summed E-state index contributed by atoms with van der Waals surface area (Å²) in [6.07, 6.45) is 4.51. The Hall–Kier alpha value is -1.39. The fourth-order valence-electron chi connectivity index (χ4n) is 1.93. The molecule has 21 heavy (non-hydrogen) atoms. The molecule has 1 heterocycles. The minimum atomic E-state index is 0.466. The summed E-state index contributed by atoms with van der Waals surface area (Å²) in [5.74, 6) is 0.910. The van der Waals surface area contributed by atoms with Crippen LogP contribution in [0.5, 0.6) is 5.75 Å². The van der Waals surface area contributed by atoms with Crippen molar-refractivity contribution in [2.75, 3.05) is 6.61 Å². The molecule has 1 N–H and O–H groups in total. The van der Waals surface area contributed by atoms with Crippen molar-refractivity contribution in [3.8, 4) is 5.75 Å². The molecular weight excluding hydrogens is 328 g/mol. The van der Waals surface area contributed by atoms with Gasteiger partial charge in [-0.1, -0.05) is 29.8 Å². The maximum atomic E-state index is 5.84. The number of nitrogens with zero attached hydrogens (tertiary/aromatic N) is 1. The van der Waals surface area contributed by atoms with Crippen LogP contribution < -0.4 is 10.1 Å². The summed E-state index contributed by atoms with van der Waals surface area (Å²) in [6.45, 7) is 5.79. The van der Waals surface area contributed by atoms with Crippen molar-refractivity contribution in [2.45, 2.75) is 32.9 Å². The lowest BCUT2D eigenvalue weighted by molar-refractivity contribution is 0.321. The molecule has 0 saturated carbocycles. The molecule has 112 valence electrons. The van der Waals surface area contributed by atoms with Crippen LogP contribution in [0.25, 0.3) is 0 Å². The largest absolute Gasteiger partial charge is 0.493 e. The Morgan fingerprint density at radius 3 is 2.67 bits per heavy atom. The van der Waals surface area contributed by atoms with Gasteiger partial charge in [-0.3, -0.25) is 4.98 Å². The van der Waals surface area contributed by atoms with E-state index in [1.54, 1.807) is 0 Å². The SMILES string of the molecule is CC(C)NCc1cc(OCCc2ccncc2)ccc1Br. The molecule has 0 atom stereocenters. The van der Waals surface area contributed by atoms with Crippen LogP contribution >= 0.6 is 15.9 Å². The second-order valence-corrected chi connectivity index (χ2v) is 6.10. The Bertz CT molecular complexity index is 558. The summed E-state index contributed by atoms with van der Waals surface area (Å²) in [4.78, 5) is 4.01.